The van der Waals surface area contributed by atoms with Crippen molar-refractivity contribution >= 4 is 45.0 Å². The van der Waals surface area contributed by atoms with Gasteiger partial charge in [0.25, 0.3) is 5.91 Å². The molecule has 1 heterocycles. The van der Waals surface area contributed by atoms with Gasteiger partial charge in [-0.05, 0) is 63.1 Å². The molecule has 1 saturated heterocycles. The van der Waals surface area contributed by atoms with Crippen molar-refractivity contribution in [1.29, 1.82) is 0 Å². The van der Waals surface area contributed by atoms with E-state index in [-0.39, 0.29) is 5.69 Å². The summed E-state index contributed by atoms with van der Waals surface area (Å²) in [4.78, 5) is 40.4. The summed E-state index contributed by atoms with van der Waals surface area (Å²) in [6.07, 6.45) is 0. The SMILES string of the molecule is Cc1cccc(C)c1N1C(=O)C(C(=O)N(O)c2ccc(Br)cc2)C(C)(C)C1=O. The van der Waals surface area contributed by atoms with Crippen LogP contribution in [-0.2, 0) is 14.4 Å². The zero-order valence-corrected chi connectivity index (χ0v) is 17.6. The number of amides is 3. The molecule has 2 aromatic rings. The highest BCUT2D eigenvalue weighted by Crippen LogP contribution is 2.43. The molecule has 146 valence electrons. The van der Waals surface area contributed by atoms with Crippen LogP contribution in [0.15, 0.2) is 46.9 Å². The molecule has 6 nitrogen and oxygen atoms in total. The highest BCUT2D eigenvalue weighted by atomic mass is 79.9. The van der Waals surface area contributed by atoms with Crippen molar-refractivity contribution in [3.8, 4) is 0 Å². The Balaban J connectivity index is 2.02. The number of imide groups is 1. The van der Waals surface area contributed by atoms with Crippen molar-refractivity contribution in [2.45, 2.75) is 27.7 Å². The van der Waals surface area contributed by atoms with Crippen molar-refractivity contribution in [3.05, 3.63) is 58.1 Å². The molecule has 0 spiro atoms. The molecule has 0 radical (unpaired) electrons. The van der Waals surface area contributed by atoms with Gasteiger partial charge in [-0.1, -0.05) is 34.1 Å². The molecule has 0 aromatic heterocycles. The summed E-state index contributed by atoms with van der Waals surface area (Å²) in [6.45, 7) is 6.73. The van der Waals surface area contributed by atoms with E-state index in [0.717, 1.165) is 20.5 Å². The van der Waals surface area contributed by atoms with Gasteiger partial charge in [-0.15, -0.1) is 0 Å². The minimum absolute atomic E-state index is 0.217. The number of carbonyl (C=O) groups excluding carboxylic acids is 3. The van der Waals surface area contributed by atoms with E-state index in [2.05, 4.69) is 15.9 Å². The summed E-state index contributed by atoms with van der Waals surface area (Å²) in [5.41, 5.74) is 0.946. The van der Waals surface area contributed by atoms with Crippen LogP contribution in [0.3, 0.4) is 0 Å². The number of rotatable bonds is 3. The minimum Gasteiger partial charge on any atom is -0.281 e. The molecule has 1 aliphatic rings. The smallest absolute Gasteiger partial charge is 0.264 e. The molecule has 1 aliphatic heterocycles. The Kier molecular flexibility index (Phi) is 5.16. The Morgan fingerprint density at radius 1 is 1.07 bits per heavy atom. The third kappa shape index (κ3) is 3.14. The minimum atomic E-state index is -1.33. The lowest BCUT2D eigenvalue weighted by Crippen LogP contribution is -2.42. The summed E-state index contributed by atoms with van der Waals surface area (Å²) in [7, 11) is 0. The lowest BCUT2D eigenvalue weighted by atomic mass is 9.80. The fourth-order valence-corrected chi connectivity index (χ4v) is 3.83. The molecule has 2 aromatic carbocycles. The highest BCUT2D eigenvalue weighted by molar-refractivity contribution is 9.10. The van der Waals surface area contributed by atoms with Crippen LogP contribution < -0.4 is 9.96 Å². The van der Waals surface area contributed by atoms with E-state index in [0.29, 0.717) is 10.8 Å². The third-order valence-corrected chi connectivity index (χ3v) is 5.66. The Morgan fingerprint density at radius 3 is 2.14 bits per heavy atom. The number of halogens is 1. The molecular formula is C21H21BrN2O4. The Bertz CT molecular complexity index is 949. The van der Waals surface area contributed by atoms with Crippen LogP contribution in [0.4, 0.5) is 11.4 Å². The first-order chi connectivity index (χ1) is 13.1. The maximum absolute atomic E-state index is 13.2. The largest absolute Gasteiger partial charge is 0.281 e. The van der Waals surface area contributed by atoms with Crippen LogP contribution in [-0.4, -0.2) is 22.9 Å². The lowest BCUT2D eigenvalue weighted by molar-refractivity contribution is -0.139. The fourth-order valence-electron chi connectivity index (χ4n) is 3.57. The fraction of sp³-hybridized carbons (Fsp3) is 0.286. The van der Waals surface area contributed by atoms with Gasteiger partial charge in [0.1, 0.15) is 5.92 Å². The number of hydrogen-bond acceptors (Lipinski definition) is 4. The number of para-hydroxylation sites is 1. The van der Waals surface area contributed by atoms with Crippen LogP contribution in [0.1, 0.15) is 25.0 Å². The molecule has 1 fully saturated rings. The van der Waals surface area contributed by atoms with Gasteiger partial charge < -0.3 is 0 Å². The standard InChI is InChI=1S/C21H21BrN2O4/c1-12-6-5-7-13(2)17(12)23-18(25)16(21(3,4)20(23)27)19(26)24(28)15-10-8-14(22)9-11-15/h5-11,16,28H,1-4H3. The number of hydrogen-bond donors (Lipinski definition) is 1. The van der Waals surface area contributed by atoms with E-state index in [4.69, 9.17) is 0 Å². The van der Waals surface area contributed by atoms with E-state index < -0.39 is 29.1 Å². The topological polar surface area (TPSA) is 77.9 Å². The van der Waals surface area contributed by atoms with Crippen LogP contribution in [0.25, 0.3) is 0 Å². The summed E-state index contributed by atoms with van der Waals surface area (Å²) >= 11 is 3.29. The first-order valence-corrected chi connectivity index (χ1v) is 9.59. The molecule has 1 atom stereocenters. The monoisotopic (exact) mass is 444 g/mol. The molecule has 0 saturated carbocycles. The average molecular weight is 445 g/mol. The number of aryl methyl sites for hydroxylation is 2. The van der Waals surface area contributed by atoms with Gasteiger partial charge in [-0.25, -0.2) is 4.90 Å². The molecular weight excluding hydrogens is 424 g/mol. The molecule has 0 bridgehead atoms. The zero-order chi connectivity index (χ0) is 20.8. The number of anilines is 2. The van der Waals surface area contributed by atoms with E-state index >= 15 is 0 Å². The maximum atomic E-state index is 13.2. The summed E-state index contributed by atoms with van der Waals surface area (Å²) in [5, 5.41) is 10.9. The summed E-state index contributed by atoms with van der Waals surface area (Å²) < 4.78 is 0.783. The summed E-state index contributed by atoms with van der Waals surface area (Å²) in [5.74, 6) is -3.25. The molecule has 3 rings (SSSR count). The second kappa shape index (κ2) is 7.14. The number of carbonyl (C=O) groups is 3. The second-order valence-electron chi connectivity index (χ2n) is 7.50. The van der Waals surface area contributed by atoms with Crippen molar-refractivity contribution in [1.82, 2.24) is 0 Å². The molecule has 28 heavy (non-hydrogen) atoms. The maximum Gasteiger partial charge on any atom is 0.264 e. The van der Waals surface area contributed by atoms with Gasteiger partial charge in [0, 0.05) is 4.47 Å². The van der Waals surface area contributed by atoms with Gasteiger partial charge >= 0.3 is 0 Å². The van der Waals surface area contributed by atoms with Gasteiger partial charge in [0.2, 0.25) is 11.8 Å². The normalized spacial score (nSPS) is 18.5. The van der Waals surface area contributed by atoms with Crippen molar-refractivity contribution in [3.63, 3.8) is 0 Å². The van der Waals surface area contributed by atoms with Gasteiger partial charge in [0.15, 0.2) is 0 Å². The van der Waals surface area contributed by atoms with Crippen LogP contribution in [0.5, 0.6) is 0 Å². The van der Waals surface area contributed by atoms with E-state index in [1.807, 2.05) is 32.0 Å². The molecule has 0 aliphatic carbocycles. The van der Waals surface area contributed by atoms with Gasteiger partial charge in [-0.3, -0.25) is 19.6 Å². The lowest BCUT2D eigenvalue weighted by Gasteiger charge is -2.24. The highest BCUT2D eigenvalue weighted by Gasteiger charge is 2.59. The molecule has 1 unspecified atom stereocenters. The van der Waals surface area contributed by atoms with Crippen molar-refractivity contribution in [2.24, 2.45) is 11.3 Å². The second-order valence-corrected chi connectivity index (χ2v) is 8.42. The van der Waals surface area contributed by atoms with E-state index in [1.165, 1.54) is 0 Å². The van der Waals surface area contributed by atoms with Gasteiger partial charge in [-0.2, -0.15) is 5.06 Å². The van der Waals surface area contributed by atoms with Gasteiger partial charge in [0.05, 0.1) is 16.8 Å². The summed E-state index contributed by atoms with van der Waals surface area (Å²) in [6, 6.07) is 11.9. The van der Waals surface area contributed by atoms with E-state index in [1.54, 1.807) is 38.1 Å². The molecule has 3 amide bonds. The number of hydroxylamine groups is 1. The molecule has 7 heteroatoms. The quantitative estimate of drug-likeness (QED) is 0.335. The first-order valence-electron chi connectivity index (χ1n) is 8.80. The Labute approximate surface area is 171 Å². The van der Waals surface area contributed by atoms with Crippen LogP contribution >= 0.6 is 15.9 Å². The predicted molar refractivity (Wildman–Crippen MR) is 109 cm³/mol. The number of benzene rings is 2. The van der Waals surface area contributed by atoms with Crippen LogP contribution in [0.2, 0.25) is 0 Å². The third-order valence-electron chi connectivity index (χ3n) is 5.13. The Morgan fingerprint density at radius 2 is 1.61 bits per heavy atom. The van der Waals surface area contributed by atoms with Crippen molar-refractivity contribution < 1.29 is 19.6 Å². The zero-order valence-electron chi connectivity index (χ0n) is 16.1. The predicted octanol–water partition coefficient (Wildman–Crippen LogP) is 4.00. The van der Waals surface area contributed by atoms with Crippen molar-refractivity contribution in [2.75, 3.05) is 9.96 Å². The average Bonchev–Trinajstić information content (AvgIpc) is 2.80. The van der Waals surface area contributed by atoms with Crippen LogP contribution in [0, 0.1) is 25.2 Å². The number of nitrogens with zero attached hydrogens (tertiary/aromatic N) is 2. The Hall–Kier alpha value is -2.51. The first kappa shape index (κ1) is 20.2. The van der Waals surface area contributed by atoms with E-state index in [9.17, 15) is 19.6 Å². The molecule has 1 N–H and O–H groups in total.